The molecule has 0 fully saturated rings. The van der Waals surface area contributed by atoms with Gasteiger partial charge in [-0.25, -0.2) is 0 Å². The first kappa shape index (κ1) is 12.7. The molecule has 2 aromatic rings. The Morgan fingerprint density at radius 2 is 1.90 bits per heavy atom. The second kappa shape index (κ2) is 5.08. The van der Waals surface area contributed by atoms with Gasteiger partial charge >= 0.3 is 0 Å². The van der Waals surface area contributed by atoms with Crippen LogP contribution in [0.5, 0.6) is 11.5 Å². The van der Waals surface area contributed by atoms with Gasteiger partial charge < -0.3 is 14.8 Å². The molecule has 0 saturated heterocycles. The summed E-state index contributed by atoms with van der Waals surface area (Å²) in [4.78, 5) is 0. The minimum absolute atomic E-state index is 0.483. The normalized spacial score (nSPS) is 19.4. The van der Waals surface area contributed by atoms with Crippen LogP contribution < -0.4 is 14.8 Å². The quantitative estimate of drug-likeness (QED) is 0.916. The molecule has 2 aliphatic rings. The number of rotatable bonds is 2. The van der Waals surface area contributed by atoms with Crippen molar-refractivity contribution in [3.63, 3.8) is 0 Å². The van der Waals surface area contributed by atoms with Crippen LogP contribution in [0.15, 0.2) is 36.4 Å². The molecule has 3 nitrogen and oxygen atoms in total. The summed E-state index contributed by atoms with van der Waals surface area (Å²) < 4.78 is 11.3. The van der Waals surface area contributed by atoms with Crippen LogP contribution in [-0.4, -0.2) is 20.3 Å². The molecule has 108 valence electrons. The molecule has 0 spiro atoms. The zero-order valence-electron chi connectivity index (χ0n) is 12.2. The van der Waals surface area contributed by atoms with Crippen molar-refractivity contribution in [3.8, 4) is 22.6 Å². The third-order valence-corrected chi connectivity index (χ3v) is 4.47. The molecule has 4 rings (SSSR count). The molecular weight excluding hydrogens is 262 g/mol. The Kier molecular flexibility index (Phi) is 3.08. The Morgan fingerprint density at radius 1 is 1.05 bits per heavy atom. The van der Waals surface area contributed by atoms with Gasteiger partial charge in [0.2, 0.25) is 0 Å². The van der Waals surface area contributed by atoms with Gasteiger partial charge in [-0.05, 0) is 54.3 Å². The van der Waals surface area contributed by atoms with Crippen molar-refractivity contribution in [1.29, 1.82) is 0 Å². The third kappa shape index (κ3) is 2.09. The van der Waals surface area contributed by atoms with Crippen molar-refractivity contribution in [2.24, 2.45) is 0 Å². The summed E-state index contributed by atoms with van der Waals surface area (Å²) in [6.07, 6.45) is 2.30. The molecule has 1 aliphatic heterocycles. The van der Waals surface area contributed by atoms with Crippen LogP contribution >= 0.6 is 0 Å². The number of ether oxygens (including phenoxy) is 2. The van der Waals surface area contributed by atoms with Crippen LogP contribution in [0.25, 0.3) is 11.1 Å². The lowest BCUT2D eigenvalue weighted by atomic mass is 9.96. The molecule has 0 aromatic heterocycles. The largest absolute Gasteiger partial charge is 0.486 e. The highest BCUT2D eigenvalue weighted by Crippen LogP contribution is 2.40. The van der Waals surface area contributed by atoms with E-state index in [0.717, 1.165) is 17.9 Å². The summed E-state index contributed by atoms with van der Waals surface area (Å²) in [7, 11) is 2.04. The Morgan fingerprint density at radius 3 is 2.76 bits per heavy atom. The van der Waals surface area contributed by atoms with E-state index in [1.54, 1.807) is 0 Å². The van der Waals surface area contributed by atoms with Gasteiger partial charge in [0.05, 0.1) is 0 Å². The highest BCUT2D eigenvalue weighted by molar-refractivity contribution is 5.72. The second-order valence-electron chi connectivity index (χ2n) is 5.61. The predicted molar refractivity (Wildman–Crippen MR) is 83.0 cm³/mol. The van der Waals surface area contributed by atoms with Crippen LogP contribution in [-0.2, 0) is 6.42 Å². The lowest BCUT2D eigenvalue weighted by Crippen LogP contribution is -2.15. The van der Waals surface area contributed by atoms with Crippen LogP contribution in [0.4, 0.5) is 0 Å². The van der Waals surface area contributed by atoms with Crippen LogP contribution in [0.1, 0.15) is 23.6 Å². The van der Waals surface area contributed by atoms with Crippen molar-refractivity contribution >= 4 is 0 Å². The molecule has 0 amide bonds. The molecule has 1 heterocycles. The van der Waals surface area contributed by atoms with Crippen molar-refractivity contribution in [3.05, 3.63) is 47.5 Å². The summed E-state index contributed by atoms with van der Waals surface area (Å²) in [6.45, 7) is 1.27. The highest BCUT2D eigenvalue weighted by Gasteiger charge is 2.24. The molecule has 2 aromatic carbocycles. The van der Waals surface area contributed by atoms with Gasteiger partial charge in [0, 0.05) is 6.04 Å². The van der Waals surface area contributed by atoms with Gasteiger partial charge in [-0.1, -0.05) is 24.3 Å². The van der Waals surface area contributed by atoms with E-state index < -0.39 is 0 Å². The molecule has 1 aliphatic carbocycles. The summed E-state index contributed by atoms with van der Waals surface area (Å²) in [5.41, 5.74) is 5.44. The Balaban J connectivity index is 1.79. The van der Waals surface area contributed by atoms with E-state index in [2.05, 4.69) is 35.6 Å². The molecule has 21 heavy (non-hydrogen) atoms. The second-order valence-corrected chi connectivity index (χ2v) is 5.61. The molecule has 1 unspecified atom stereocenters. The number of hydrogen-bond acceptors (Lipinski definition) is 3. The van der Waals surface area contributed by atoms with Crippen LogP contribution in [0, 0.1) is 0 Å². The molecule has 0 radical (unpaired) electrons. The first-order valence-corrected chi connectivity index (χ1v) is 7.56. The lowest BCUT2D eigenvalue weighted by Gasteiger charge is -2.19. The number of fused-ring (bicyclic) bond motifs is 2. The minimum atomic E-state index is 0.483. The standard InChI is InChI=1S/C18H19NO2/c1-19-16-7-6-14-13(3-2-4-15(14)16)12-5-8-17-18(11-12)21-10-9-20-17/h2-5,8,11,16,19H,6-7,9-10H2,1H3. The molecule has 0 saturated carbocycles. The molecule has 1 N–H and O–H groups in total. The number of benzene rings is 2. The summed E-state index contributed by atoms with van der Waals surface area (Å²) in [6, 6.07) is 13.4. The monoisotopic (exact) mass is 281 g/mol. The van der Waals surface area contributed by atoms with Crippen molar-refractivity contribution in [1.82, 2.24) is 5.32 Å². The van der Waals surface area contributed by atoms with Gasteiger partial charge in [-0.2, -0.15) is 0 Å². The molecular formula is C18H19NO2. The maximum Gasteiger partial charge on any atom is 0.161 e. The first-order valence-electron chi connectivity index (χ1n) is 7.56. The van der Waals surface area contributed by atoms with E-state index >= 15 is 0 Å². The SMILES string of the molecule is CNC1CCc2c(-c3ccc4c(c3)OCCO4)cccc21. The van der Waals surface area contributed by atoms with Crippen molar-refractivity contribution < 1.29 is 9.47 Å². The summed E-state index contributed by atoms with van der Waals surface area (Å²) >= 11 is 0. The fourth-order valence-electron chi connectivity index (χ4n) is 3.44. The van der Waals surface area contributed by atoms with Gasteiger partial charge in [-0.15, -0.1) is 0 Å². The first-order chi connectivity index (χ1) is 10.4. The van der Waals surface area contributed by atoms with Crippen LogP contribution in [0.2, 0.25) is 0 Å². The predicted octanol–water partition coefficient (Wildman–Crippen LogP) is 3.33. The molecule has 0 bridgehead atoms. The minimum Gasteiger partial charge on any atom is -0.486 e. The maximum atomic E-state index is 5.71. The third-order valence-electron chi connectivity index (χ3n) is 4.47. The summed E-state index contributed by atoms with van der Waals surface area (Å²) in [5.74, 6) is 1.71. The Labute approximate surface area is 124 Å². The van der Waals surface area contributed by atoms with E-state index in [0.29, 0.717) is 19.3 Å². The fourth-order valence-corrected chi connectivity index (χ4v) is 3.44. The van der Waals surface area contributed by atoms with Gasteiger partial charge in [0.1, 0.15) is 13.2 Å². The average molecular weight is 281 g/mol. The summed E-state index contributed by atoms with van der Waals surface area (Å²) in [5, 5.41) is 3.40. The lowest BCUT2D eigenvalue weighted by molar-refractivity contribution is 0.171. The topological polar surface area (TPSA) is 30.5 Å². The van der Waals surface area contributed by atoms with E-state index in [9.17, 15) is 0 Å². The van der Waals surface area contributed by atoms with Gasteiger partial charge in [-0.3, -0.25) is 0 Å². The maximum absolute atomic E-state index is 5.71. The van der Waals surface area contributed by atoms with E-state index in [4.69, 9.17) is 9.47 Å². The van der Waals surface area contributed by atoms with E-state index in [-0.39, 0.29) is 0 Å². The Bertz CT molecular complexity index is 681. The smallest absolute Gasteiger partial charge is 0.161 e. The zero-order chi connectivity index (χ0) is 14.2. The van der Waals surface area contributed by atoms with E-state index in [1.165, 1.54) is 28.7 Å². The van der Waals surface area contributed by atoms with Gasteiger partial charge in [0.25, 0.3) is 0 Å². The van der Waals surface area contributed by atoms with Crippen molar-refractivity contribution in [2.45, 2.75) is 18.9 Å². The van der Waals surface area contributed by atoms with E-state index in [1.807, 2.05) is 13.1 Å². The molecule has 3 heteroatoms. The van der Waals surface area contributed by atoms with Crippen molar-refractivity contribution in [2.75, 3.05) is 20.3 Å². The highest BCUT2D eigenvalue weighted by atomic mass is 16.6. The fraction of sp³-hybridized carbons (Fsp3) is 0.333. The number of nitrogens with one attached hydrogen (secondary N) is 1. The van der Waals surface area contributed by atoms with Gasteiger partial charge in [0.15, 0.2) is 11.5 Å². The molecule has 1 atom stereocenters. The zero-order valence-corrected chi connectivity index (χ0v) is 12.2. The Hall–Kier alpha value is -2.00. The number of hydrogen-bond donors (Lipinski definition) is 1. The average Bonchev–Trinajstić information content (AvgIpc) is 2.97. The van der Waals surface area contributed by atoms with Crippen LogP contribution in [0.3, 0.4) is 0 Å².